The molecule has 1 fully saturated rings. The lowest BCUT2D eigenvalue weighted by Gasteiger charge is -2.15. The summed E-state index contributed by atoms with van der Waals surface area (Å²) >= 11 is 0. The third kappa shape index (κ3) is 5.14. The molecule has 0 saturated carbocycles. The first-order valence-electron chi connectivity index (χ1n) is 7.12. The number of carbonyl (C=O) groups is 1. The van der Waals surface area contributed by atoms with Crippen LogP contribution in [0.25, 0.3) is 0 Å². The number of nitrogens with one attached hydrogen (secondary N) is 2. The summed E-state index contributed by atoms with van der Waals surface area (Å²) in [7, 11) is -3.00. The van der Waals surface area contributed by atoms with Crippen molar-refractivity contribution in [3.05, 3.63) is 35.4 Å². The fourth-order valence-corrected chi connectivity index (χ4v) is 4.27. The van der Waals surface area contributed by atoms with Gasteiger partial charge in [-0.2, -0.15) is 0 Å². The first kappa shape index (κ1) is 17.6. The van der Waals surface area contributed by atoms with Crippen LogP contribution in [0.15, 0.2) is 18.2 Å². The molecule has 1 aliphatic rings. The Morgan fingerprint density at radius 1 is 1.35 bits per heavy atom. The number of benzene rings is 1. The monoisotopic (exact) mass is 348 g/mol. The van der Waals surface area contributed by atoms with Crippen molar-refractivity contribution < 1.29 is 27.1 Å². The van der Waals surface area contributed by atoms with Crippen molar-refractivity contribution >= 4 is 15.9 Å². The standard InChI is InChI=1S/C14H18F2N2O4S/c15-10-1-2-11(12(16)5-10)13(19)7-18-14(20)17-6-9-3-4-23(21,22)8-9/h1-2,5,9,13,19H,3-4,6-8H2,(H2,17,18,20)/t9-,13-/m0/s1. The number of aliphatic hydroxyl groups is 1. The predicted molar refractivity (Wildman–Crippen MR) is 79.5 cm³/mol. The second-order valence-corrected chi connectivity index (χ2v) is 7.77. The van der Waals surface area contributed by atoms with Crippen molar-refractivity contribution in [1.82, 2.24) is 10.6 Å². The second-order valence-electron chi connectivity index (χ2n) is 5.54. The van der Waals surface area contributed by atoms with Crippen molar-refractivity contribution in [1.29, 1.82) is 0 Å². The summed E-state index contributed by atoms with van der Waals surface area (Å²) in [6.45, 7) is -0.0383. The van der Waals surface area contributed by atoms with Crippen LogP contribution in [0.3, 0.4) is 0 Å². The van der Waals surface area contributed by atoms with E-state index in [2.05, 4.69) is 10.6 Å². The molecule has 1 heterocycles. The average molecular weight is 348 g/mol. The van der Waals surface area contributed by atoms with Crippen molar-refractivity contribution in [2.45, 2.75) is 12.5 Å². The van der Waals surface area contributed by atoms with Crippen LogP contribution in [0.1, 0.15) is 18.1 Å². The molecule has 2 atom stereocenters. The van der Waals surface area contributed by atoms with E-state index in [0.717, 1.165) is 12.1 Å². The molecule has 0 radical (unpaired) electrons. The number of amides is 2. The molecule has 0 spiro atoms. The van der Waals surface area contributed by atoms with Gasteiger partial charge in [0.2, 0.25) is 0 Å². The van der Waals surface area contributed by atoms with E-state index in [0.29, 0.717) is 12.5 Å². The van der Waals surface area contributed by atoms with Gasteiger partial charge in [-0.15, -0.1) is 0 Å². The quantitative estimate of drug-likeness (QED) is 0.731. The van der Waals surface area contributed by atoms with Crippen LogP contribution < -0.4 is 10.6 Å². The fourth-order valence-electron chi connectivity index (χ4n) is 2.40. The highest BCUT2D eigenvalue weighted by Crippen LogP contribution is 2.18. The number of hydrogen-bond donors (Lipinski definition) is 3. The van der Waals surface area contributed by atoms with Gasteiger partial charge >= 0.3 is 6.03 Å². The van der Waals surface area contributed by atoms with Crippen molar-refractivity contribution in [2.75, 3.05) is 24.6 Å². The Balaban J connectivity index is 1.75. The highest BCUT2D eigenvalue weighted by atomic mass is 32.2. The number of urea groups is 1. The Hall–Kier alpha value is -1.74. The van der Waals surface area contributed by atoms with Gasteiger partial charge in [0.05, 0.1) is 17.6 Å². The number of rotatable bonds is 5. The van der Waals surface area contributed by atoms with Gasteiger partial charge in [0.15, 0.2) is 9.84 Å². The lowest BCUT2D eigenvalue weighted by molar-refractivity contribution is 0.168. The minimum Gasteiger partial charge on any atom is -0.386 e. The first-order chi connectivity index (χ1) is 10.8. The molecule has 2 amide bonds. The fraction of sp³-hybridized carbons (Fsp3) is 0.500. The number of hydrogen-bond acceptors (Lipinski definition) is 4. The zero-order chi connectivity index (χ0) is 17.0. The summed E-state index contributed by atoms with van der Waals surface area (Å²) in [4.78, 5) is 11.6. The Bertz CT molecular complexity index is 681. The van der Waals surface area contributed by atoms with Crippen LogP contribution in [0.2, 0.25) is 0 Å². The summed E-state index contributed by atoms with van der Waals surface area (Å²) in [6, 6.07) is 2.19. The number of halogens is 2. The Morgan fingerprint density at radius 2 is 2.09 bits per heavy atom. The minimum atomic E-state index is -3.00. The highest BCUT2D eigenvalue weighted by Gasteiger charge is 2.27. The summed E-state index contributed by atoms with van der Waals surface area (Å²) in [5, 5.41) is 14.7. The van der Waals surface area contributed by atoms with Gasteiger partial charge in [0.1, 0.15) is 11.6 Å². The summed E-state index contributed by atoms with van der Waals surface area (Å²) in [6.07, 6.45) is -0.806. The van der Waals surface area contributed by atoms with Gasteiger partial charge in [-0.3, -0.25) is 0 Å². The molecule has 3 N–H and O–H groups in total. The van der Waals surface area contributed by atoms with E-state index >= 15 is 0 Å². The van der Waals surface area contributed by atoms with Gasteiger partial charge in [0.25, 0.3) is 0 Å². The zero-order valence-electron chi connectivity index (χ0n) is 12.3. The SMILES string of the molecule is O=C(NC[C@@H]1CCS(=O)(=O)C1)NC[C@H](O)c1ccc(F)cc1F. The number of carbonyl (C=O) groups excluding carboxylic acids is 1. The normalized spacial score (nSPS) is 20.9. The maximum Gasteiger partial charge on any atom is 0.314 e. The molecule has 1 aromatic rings. The first-order valence-corrected chi connectivity index (χ1v) is 8.94. The lowest BCUT2D eigenvalue weighted by atomic mass is 10.1. The molecular formula is C14H18F2N2O4S. The molecule has 6 nitrogen and oxygen atoms in total. The average Bonchev–Trinajstić information content (AvgIpc) is 2.82. The molecule has 128 valence electrons. The van der Waals surface area contributed by atoms with Gasteiger partial charge in [-0.05, 0) is 18.4 Å². The highest BCUT2D eigenvalue weighted by molar-refractivity contribution is 7.91. The Morgan fingerprint density at radius 3 is 2.70 bits per heavy atom. The third-order valence-corrected chi connectivity index (χ3v) is 5.49. The van der Waals surface area contributed by atoms with Crippen molar-refractivity contribution in [2.24, 2.45) is 5.92 Å². The molecule has 0 aromatic heterocycles. The molecule has 0 aliphatic carbocycles. The summed E-state index contributed by atoms with van der Waals surface area (Å²) in [5.41, 5.74) is -0.117. The van der Waals surface area contributed by atoms with E-state index in [-0.39, 0.29) is 36.1 Å². The predicted octanol–water partition coefficient (Wildman–Crippen LogP) is 0.732. The maximum atomic E-state index is 13.5. The molecule has 0 bridgehead atoms. The molecule has 0 unspecified atom stereocenters. The molecule has 23 heavy (non-hydrogen) atoms. The van der Waals surface area contributed by atoms with Crippen molar-refractivity contribution in [3.8, 4) is 0 Å². The van der Waals surface area contributed by atoms with Crippen LogP contribution in [0.5, 0.6) is 0 Å². The number of sulfone groups is 1. The Kier molecular flexibility index (Phi) is 5.53. The zero-order valence-corrected chi connectivity index (χ0v) is 13.1. The molecule has 1 aromatic carbocycles. The number of aliphatic hydroxyl groups excluding tert-OH is 1. The van der Waals surface area contributed by atoms with Gasteiger partial charge < -0.3 is 15.7 Å². The topological polar surface area (TPSA) is 95.5 Å². The van der Waals surface area contributed by atoms with E-state index in [4.69, 9.17) is 0 Å². The lowest BCUT2D eigenvalue weighted by Crippen LogP contribution is -2.40. The summed E-state index contributed by atoms with van der Waals surface area (Å²) in [5.74, 6) is -1.59. The largest absolute Gasteiger partial charge is 0.386 e. The van der Waals surface area contributed by atoms with E-state index in [1.807, 2.05) is 0 Å². The smallest absolute Gasteiger partial charge is 0.314 e. The van der Waals surface area contributed by atoms with E-state index < -0.39 is 33.6 Å². The van der Waals surface area contributed by atoms with Crippen LogP contribution in [-0.2, 0) is 9.84 Å². The van der Waals surface area contributed by atoms with E-state index in [1.165, 1.54) is 0 Å². The van der Waals surface area contributed by atoms with Crippen LogP contribution in [0.4, 0.5) is 13.6 Å². The molecule has 2 rings (SSSR count). The van der Waals surface area contributed by atoms with Crippen LogP contribution in [-0.4, -0.2) is 44.2 Å². The maximum absolute atomic E-state index is 13.5. The minimum absolute atomic E-state index is 0.0523. The van der Waals surface area contributed by atoms with Crippen molar-refractivity contribution in [3.63, 3.8) is 0 Å². The van der Waals surface area contributed by atoms with Gasteiger partial charge in [-0.25, -0.2) is 22.0 Å². The third-order valence-electron chi connectivity index (χ3n) is 3.66. The van der Waals surface area contributed by atoms with E-state index in [9.17, 15) is 27.1 Å². The second kappa shape index (κ2) is 7.22. The van der Waals surface area contributed by atoms with Gasteiger partial charge in [0, 0.05) is 24.7 Å². The molecular weight excluding hydrogens is 330 g/mol. The van der Waals surface area contributed by atoms with Crippen LogP contribution in [0, 0.1) is 17.6 Å². The van der Waals surface area contributed by atoms with Gasteiger partial charge in [-0.1, -0.05) is 6.07 Å². The molecule has 1 aliphatic heterocycles. The van der Waals surface area contributed by atoms with E-state index in [1.54, 1.807) is 0 Å². The van der Waals surface area contributed by atoms with Crippen LogP contribution >= 0.6 is 0 Å². The molecule has 1 saturated heterocycles. The molecule has 9 heteroatoms. The summed E-state index contributed by atoms with van der Waals surface area (Å²) < 4.78 is 48.8. The Labute approximate surface area is 132 Å².